The lowest BCUT2D eigenvalue weighted by Crippen LogP contribution is -2.40. The lowest BCUT2D eigenvalue weighted by Gasteiger charge is -2.13. The topological polar surface area (TPSA) is 78.8 Å². The fourth-order valence-corrected chi connectivity index (χ4v) is 0.864. The van der Waals surface area contributed by atoms with Gasteiger partial charge in [-0.15, -0.1) is 0 Å². The van der Waals surface area contributed by atoms with Crippen LogP contribution in [-0.2, 0) is 4.74 Å². The summed E-state index contributed by atoms with van der Waals surface area (Å²) in [7, 11) is 0. The number of carbonyl (C=O) groups excluding carboxylic acids is 1. The molecule has 3 N–H and O–H groups in total. The molecule has 0 heterocycles. The molecule has 0 aromatic rings. The fourth-order valence-electron chi connectivity index (χ4n) is 0.864. The van der Waals surface area contributed by atoms with E-state index in [2.05, 4.69) is 10.1 Å². The summed E-state index contributed by atoms with van der Waals surface area (Å²) >= 11 is 0. The molecule has 0 aromatic heterocycles. The normalized spacial score (nSPS) is 18.5. The largest absolute Gasteiger partial charge is 0.447 e. The zero-order valence-corrected chi connectivity index (χ0v) is 6.75. The van der Waals surface area contributed by atoms with Crippen molar-refractivity contribution >= 4 is 6.09 Å². The van der Waals surface area contributed by atoms with Crippen LogP contribution in [0.1, 0.15) is 12.8 Å². The molecule has 0 radical (unpaired) electrons. The average molecular weight is 175 g/mol. The molecule has 0 aromatic carbocycles. The van der Waals surface area contributed by atoms with Gasteiger partial charge in [0, 0.05) is 0 Å². The van der Waals surface area contributed by atoms with Crippen molar-refractivity contribution in [3.05, 3.63) is 0 Å². The first-order valence-corrected chi connectivity index (χ1v) is 3.89. The Labute approximate surface area is 70.3 Å². The molecule has 1 saturated carbocycles. The molecule has 0 aliphatic heterocycles. The summed E-state index contributed by atoms with van der Waals surface area (Å²) in [6.45, 7) is -0.242. The molecule has 1 fully saturated rings. The lowest BCUT2D eigenvalue weighted by atomic mass is 10.3. The molecule has 1 amide bonds. The van der Waals surface area contributed by atoms with Crippen LogP contribution in [0, 0.1) is 0 Å². The SMILES string of the molecule is O=C(NC1(CO)CC1)OCCO. The minimum Gasteiger partial charge on any atom is -0.447 e. The second kappa shape index (κ2) is 3.73. The monoisotopic (exact) mass is 175 g/mol. The molecule has 0 unspecified atom stereocenters. The Bertz CT molecular complexity index is 167. The second-order valence-corrected chi connectivity index (χ2v) is 2.92. The van der Waals surface area contributed by atoms with Crippen LogP contribution < -0.4 is 5.32 Å². The van der Waals surface area contributed by atoms with E-state index in [0.29, 0.717) is 0 Å². The number of amides is 1. The summed E-state index contributed by atoms with van der Waals surface area (Å²) in [5.41, 5.74) is -0.438. The summed E-state index contributed by atoms with van der Waals surface area (Å²) in [6, 6.07) is 0. The molecule has 5 nitrogen and oxygen atoms in total. The number of aliphatic hydroxyl groups excluding tert-OH is 2. The van der Waals surface area contributed by atoms with Crippen LogP contribution in [0.15, 0.2) is 0 Å². The standard InChI is InChI=1S/C7H13NO4/c9-3-4-12-6(11)8-7(5-10)1-2-7/h9-10H,1-5H2,(H,8,11). The maximum atomic E-state index is 10.9. The third-order valence-electron chi connectivity index (χ3n) is 1.85. The summed E-state index contributed by atoms with van der Waals surface area (Å²) in [5, 5.41) is 19.7. The molecular weight excluding hydrogens is 162 g/mol. The second-order valence-electron chi connectivity index (χ2n) is 2.92. The Morgan fingerprint density at radius 1 is 1.50 bits per heavy atom. The predicted molar refractivity (Wildman–Crippen MR) is 40.6 cm³/mol. The van der Waals surface area contributed by atoms with Gasteiger partial charge in [0.05, 0.1) is 18.8 Å². The van der Waals surface area contributed by atoms with Gasteiger partial charge in [0.15, 0.2) is 0 Å². The average Bonchev–Trinajstić information content (AvgIpc) is 2.82. The molecule has 0 bridgehead atoms. The Hall–Kier alpha value is -0.810. The molecule has 0 saturated heterocycles. The van der Waals surface area contributed by atoms with Crippen LogP contribution in [0.2, 0.25) is 0 Å². The number of hydrogen-bond acceptors (Lipinski definition) is 4. The van der Waals surface area contributed by atoms with Crippen molar-refractivity contribution < 1.29 is 19.7 Å². The van der Waals surface area contributed by atoms with E-state index in [1.165, 1.54) is 0 Å². The van der Waals surface area contributed by atoms with Crippen molar-refractivity contribution in [1.29, 1.82) is 0 Å². The highest BCUT2D eigenvalue weighted by Crippen LogP contribution is 2.34. The number of hydrogen-bond donors (Lipinski definition) is 3. The molecule has 0 spiro atoms. The molecule has 1 aliphatic rings. The van der Waals surface area contributed by atoms with Crippen LogP contribution in [0.4, 0.5) is 4.79 Å². The van der Waals surface area contributed by atoms with Crippen molar-refractivity contribution in [3.63, 3.8) is 0 Å². The summed E-state index contributed by atoms with van der Waals surface area (Å²) < 4.78 is 4.56. The van der Waals surface area contributed by atoms with E-state index in [4.69, 9.17) is 10.2 Å². The molecule has 5 heteroatoms. The first-order chi connectivity index (χ1) is 5.72. The maximum absolute atomic E-state index is 10.9. The Morgan fingerprint density at radius 2 is 2.17 bits per heavy atom. The van der Waals surface area contributed by atoms with E-state index in [1.54, 1.807) is 0 Å². The van der Waals surface area contributed by atoms with Gasteiger partial charge in [0.1, 0.15) is 6.61 Å². The molecular formula is C7H13NO4. The Kier molecular flexibility index (Phi) is 2.88. The van der Waals surface area contributed by atoms with Crippen LogP contribution in [0.3, 0.4) is 0 Å². The number of rotatable bonds is 4. The van der Waals surface area contributed by atoms with E-state index < -0.39 is 11.6 Å². The number of aliphatic hydroxyl groups is 2. The molecule has 12 heavy (non-hydrogen) atoms. The summed E-state index contributed by atoms with van der Waals surface area (Å²) in [4.78, 5) is 10.9. The van der Waals surface area contributed by atoms with E-state index in [9.17, 15) is 4.79 Å². The van der Waals surface area contributed by atoms with Gasteiger partial charge in [0.25, 0.3) is 0 Å². The van der Waals surface area contributed by atoms with Crippen molar-refractivity contribution in [2.75, 3.05) is 19.8 Å². The molecule has 70 valence electrons. The van der Waals surface area contributed by atoms with Crippen LogP contribution in [0.5, 0.6) is 0 Å². The Morgan fingerprint density at radius 3 is 2.58 bits per heavy atom. The highest BCUT2D eigenvalue weighted by molar-refractivity contribution is 5.68. The van der Waals surface area contributed by atoms with Gasteiger partial charge in [-0.1, -0.05) is 0 Å². The summed E-state index contributed by atoms with van der Waals surface area (Å²) in [5.74, 6) is 0. The van der Waals surface area contributed by atoms with E-state index in [-0.39, 0.29) is 19.8 Å². The van der Waals surface area contributed by atoms with Crippen molar-refractivity contribution in [3.8, 4) is 0 Å². The first kappa shape index (κ1) is 9.28. The van der Waals surface area contributed by atoms with Gasteiger partial charge in [-0.3, -0.25) is 0 Å². The lowest BCUT2D eigenvalue weighted by molar-refractivity contribution is 0.110. The van der Waals surface area contributed by atoms with Gasteiger partial charge >= 0.3 is 6.09 Å². The van der Waals surface area contributed by atoms with E-state index >= 15 is 0 Å². The Balaban J connectivity index is 2.17. The van der Waals surface area contributed by atoms with Gasteiger partial charge in [-0.2, -0.15) is 0 Å². The molecule has 0 atom stereocenters. The summed E-state index contributed by atoms with van der Waals surface area (Å²) in [6.07, 6.45) is 1.01. The van der Waals surface area contributed by atoms with Crippen LogP contribution in [0.25, 0.3) is 0 Å². The highest BCUT2D eigenvalue weighted by Gasteiger charge is 2.43. The third kappa shape index (κ3) is 2.35. The van der Waals surface area contributed by atoms with Crippen LogP contribution in [-0.4, -0.2) is 41.7 Å². The molecule has 1 rings (SSSR count). The number of alkyl carbamates (subject to hydrolysis) is 1. The highest BCUT2D eigenvalue weighted by atomic mass is 16.6. The van der Waals surface area contributed by atoms with Crippen molar-refractivity contribution in [2.45, 2.75) is 18.4 Å². The van der Waals surface area contributed by atoms with Gasteiger partial charge in [0.2, 0.25) is 0 Å². The minimum absolute atomic E-state index is 0.00661. The van der Waals surface area contributed by atoms with Gasteiger partial charge in [-0.05, 0) is 12.8 Å². The zero-order chi connectivity index (χ0) is 9.03. The number of carbonyl (C=O) groups is 1. The van der Waals surface area contributed by atoms with Gasteiger partial charge in [-0.25, -0.2) is 4.79 Å². The third-order valence-corrected chi connectivity index (χ3v) is 1.85. The predicted octanol–water partition coefficient (Wildman–Crippen LogP) is -0.770. The number of ether oxygens (including phenoxy) is 1. The number of nitrogens with one attached hydrogen (secondary N) is 1. The van der Waals surface area contributed by atoms with Crippen molar-refractivity contribution in [2.24, 2.45) is 0 Å². The van der Waals surface area contributed by atoms with E-state index in [0.717, 1.165) is 12.8 Å². The van der Waals surface area contributed by atoms with Gasteiger partial charge < -0.3 is 20.3 Å². The van der Waals surface area contributed by atoms with Crippen molar-refractivity contribution in [1.82, 2.24) is 5.32 Å². The smallest absolute Gasteiger partial charge is 0.407 e. The molecule has 1 aliphatic carbocycles. The zero-order valence-electron chi connectivity index (χ0n) is 6.75. The minimum atomic E-state index is -0.574. The quantitative estimate of drug-likeness (QED) is 0.524. The van der Waals surface area contributed by atoms with Crippen LogP contribution >= 0.6 is 0 Å². The van der Waals surface area contributed by atoms with E-state index in [1.807, 2.05) is 0 Å². The first-order valence-electron chi connectivity index (χ1n) is 3.89. The maximum Gasteiger partial charge on any atom is 0.407 e. The fraction of sp³-hybridized carbons (Fsp3) is 0.857.